The molecule has 0 atom stereocenters. The fourth-order valence-corrected chi connectivity index (χ4v) is 2.73. The lowest BCUT2D eigenvalue weighted by atomic mass is 10.1. The number of carbonyl (C=O) groups is 2. The molecule has 1 aromatic carbocycles. The van der Waals surface area contributed by atoms with E-state index >= 15 is 0 Å². The van der Waals surface area contributed by atoms with Gasteiger partial charge < -0.3 is 4.42 Å². The van der Waals surface area contributed by atoms with Crippen molar-refractivity contribution < 1.29 is 14.0 Å². The first kappa shape index (κ1) is 15.6. The van der Waals surface area contributed by atoms with E-state index in [1.165, 1.54) is 11.0 Å². The Hall–Kier alpha value is -2.25. The van der Waals surface area contributed by atoms with Crippen molar-refractivity contribution in [3.63, 3.8) is 0 Å². The Bertz CT molecular complexity index is 839. The minimum atomic E-state index is -0.545. The molecule has 0 aliphatic carbocycles. The maximum absolute atomic E-state index is 12.7. The third-order valence-corrected chi connectivity index (χ3v) is 3.99. The summed E-state index contributed by atoms with van der Waals surface area (Å²) >= 11 is 8.31. The van der Waals surface area contributed by atoms with E-state index in [0.29, 0.717) is 16.1 Å². The van der Waals surface area contributed by atoms with Gasteiger partial charge in [0, 0.05) is 0 Å². The molecule has 5 nitrogen and oxygen atoms in total. The molecule has 0 radical (unpaired) electrons. The average Bonchev–Trinajstić information content (AvgIpc) is 2.91. The van der Waals surface area contributed by atoms with Gasteiger partial charge in [-0.1, -0.05) is 17.7 Å². The number of aryl methyl sites for hydroxylation is 1. The van der Waals surface area contributed by atoms with E-state index in [0.717, 1.165) is 5.56 Å². The van der Waals surface area contributed by atoms with Gasteiger partial charge in [-0.25, -0.2) is 0 Å². The molecule has 116 valence electrons. The Labute approximate surface area is 146 Å². The number of furan rings is 1. The lowest BCUT2D eigenvalue weighted by Crippen LogP contribution is -2.54. The molecule has 1 saturated heterocycles. The summed E-state index contributed by atoms with van der Waals surface area (Å²) in [6.45, 7) is 1.95. The smallest absolute Gasteiger partial charge is 0.270 e. The van der Waals surface area contributed by atoms with Crippen molar-refractivity contribution in [2.45, 2.75) is 6.92 Å². The molecule has 1 aromatic heterocycles. The van der Waals surface area contributed by atoms with Gasteiger partial charge in [-0.2, -0.15) is 0 Å². The summed E-state index contributed by atoms with van der Waals surface area (Å²) in [5.74, 6) is -0.641. The van der Waals surface area contributed by atoms with Crippen molar-refractivity contribution >= 4 is 56.8 Å². The zero-order valence-electron chi connectivity index (χ0n) is 12.0. The number of nitrogens with one attached hydrogen (secondary N) is 1. The van der Waals surface area contributed by atoms with Crippen LogP contribution in [0.4, 0.5) is 5.69 Å². The summed E-state index contributed by atoms with van der Waals surface area (Å²) in [6.07, 6.45) is 1.39. The lowest BCUT2D eigenvalue weighted by Gasteiger charge is -2.28. The highest BCUT2D eigenvalue weighted by Gasteiger charge is 2.34. The number of hydrogen-bond acceptors (Lipinski definition) is 4. The molecule has 0 spiro atoms. The van der Waals surface area contributed by atoms with Crippen LogP contribution >= 0.6 is 28.1 Å². The van der Waals surface area contributed by atoms with Crippen LogP contribution in [0.1, 0.15) is 11.3 Å². The van der Waals surface area contributed by atoms with Gasteiger partial charge in [0.05, 0.1) is 5.69 Å². The highest BCUT2D eigenvalue weighted by atomic mass is 79.9. The minimum absolute atomic E-state index is 0.0407. The fraction of sp³-hybridized carbons (Fsp3) is 0.0625. The summed E-state index contributed by atoms with van der Waals surface area (Å²) in [4.78, 5) is 26.1. The Morgan fingerprint density at radius 1 is 1.17 bits per heavy atom. The second-order valence-electron chi connectivity index (χ2n) is 4.94. The summed E-state index contributed by atoms with van der Waals surface area (Å²) in [5, 5.41) is 2.58. The van der Waals surface area contributed by atoms with E-state index in [4.69, 9.17) is 16.6 Å². The molecule has 3 rings (SSSR count). The van der Waals surface area contributed by atoms with Gasteiger partial charge in [0.25, 0.3) is 11.8 Å². The number of benzene rings is 1. The van der Waals surface area contributed by atoms with E-state index < -0.39 is 11.8 Å². The lowest BCUT2D eigenvalue weighted by molar-refractivity contribution is -0.122. The topological polar surface area (TPSA) is 62.6 Å². The zero-order valence-corrected chi connectivity index (χ0v) is 14.4. The van der Waals surface area contributed by atoms with E-state index in [1.54, 1.807) is 24.3 Å². The second kappa shape index (κ2) is 6.10. The normalized spacial score (nSPS) is 16.9. The van der Waals surface area contributed by atoms with Crippen molar-refractivity contribution in [2.24, 2.45) is 0 Å². The first-order valence-corrected chi connectivity index (χ1v) is 7.89. The molecule has 0 bridgehead atoms. The van der Waals surface area contributed by atoms with Crippen LogP contribution in [0.5, 0.6) is 0 Å². The van der Waals surface area contributed by atoms with Crippen molar-refractivity contribution in [3.05, 3.63) is 58.0 Å². The standard InChI is InChI=1S/C16H11BrN2O3S/c1-9-2-4-10(5-3-9)19-15(21)12(14(20)18-16(19)23)8-11-6-7-13(17)22-11/h2-8H,1H3,(H,18,20,23)/b12-8+. The van der Waals surface area contributed by atoms with Gasteiger partial charge in [-0.15, -0.1) is 0 Å². The quantitative estimate of drug-likeness (QED) is 0.485. The molecule has 1 aliphatic rings. The molecular formula is C16H11BrN2O3S. The number of halogens is 1. The summed E-state index contributed by atoms with van der Waals surface area (Å²) in [6, 6.07) is 10.6. The SMILES string of the molecule is Cc1ccc(N2C(=O)/C(=C/c3ccc(Br)o3)C(=O)NC2=S)cc1. The molecule has 1 N–H and O–H groups in total. The van der Waals surface area contributed by atoms with Crippen LogP contribution in [0.15, 0.2) is 51.1 Å². The molecule has 7 heteroatoms. The number of anilines is 1. The van der Waals surface area contributed by atoms with Crippen molar-refractivity contribution in [2.75, 3.05) is 4.90 Å². The number of thiocarbonyl (C=S) groups is 1. The monoisotopic (exact) mass is 390 g/mol. The van der Waals surface area contributed by atoms with E-state index in [-0.39, 0.29) is 10.7 Å². The molecule has 1 aliphatic heterocycles. The third kappa shape index (κ3) is 3.11. The molecule has 2 aromatic rings. The number of hydrogen-bond donors (Lipinski definition) is 1. The molecular weight excluding hydrogens is 380 g/mol. The van der Waals surface area contributed by atoms with Gasteiger partial charge in [-0.05, 0) is 65.4 Å². The van der Waals surface area contributed by atoms with Gasteiger partial charge >= 0.3 is 0 Å². The number of nitrogens with zero attached hydrogens (tertiary/aromatic N) is 1. The van der Waals surface area contributed by atoms with E-state index in [1.807, 2.05) is 19.1 Å². The number of amides is 2. The summed E-state index contributed by atoms with van der Waals surface area (Å²) in [7, 11) is 0. The minimum Gasteiger partial charge on any atom is -0.450 e. The van der Waals surface area contributed by atoms with Gasteiger partial charge in [-0.3, -0.25) is 19.8 Å². The van der Waals surface area contributed by atoms with Crippen LogP contribution in [0, 0.1) is 6.92 Å². The van der Waals surface area contributed by atoms with Crippen LogP contribution in [0.3, 0.4) is 0 Å². The summed E-state index contributed by atoms with van der Waals surface area (Å²) in [5.41, 5.74) is 1.61. The Kier molecular flexibility index (Phi) is 4.14. The molecule has 2 heterocycles. The first-order chi connectivity index (χ1) is 11.0. The largest absolute Gasteiger partial charge is 0.450 e. The molecule has 0 saturated carbocycles. The second-order valence-corrected chi connectivity index (χ2v) is 6.10. The first-order valence-electron chi connectivity index (χ1n) is 6.69. The van der Waals surface area contributed by atoms with Crippen LogP contribution < -0.4 is 10.2 Å². The highest BCUT2D eigenvalue weighted by molar-refractivity contribution is 9.10. The van der Waals surface area contributed by atoms with Crippen molar-refractivity contribution in [3.8, 4) is 0 Å². The molecule has 23 heavy (non-hydrogen) atoms. The maximum atomic E-state index is 12.7. The number of rotatable bonds is 2. The molecule has 0 unspecified atom stereocenters. The summed E-state index contributed by atoms with van der Waals surface area (Å²) < 4.78 is 5.84. The zero-order chi connectivity index (χ0) is 16.6. The van der Waals surface area contributed by atoms with Crippen LogP contribution in [0.25, 0.3) is 6.08 Å². The van der Waals surface area contributed by atoms with Crippen LogP contribution in [0.2, 0.25) is 0 Å². The maximum Gasteiger partial charge on any atom is 0.270 e. The van der Waals surface area contributed by atoms with Gasteiger partial charge in [0.15, 0.2) is 9.78 Å². The number of carbonyl (C=O) groups excluding carboxylic acids is 2. The molecule has 1 fully saturated rings. The van der Waals surface area contributed by atoms with Gasteiger partial charge in [0.1, 0.15) is 11.3 Å². The van der Waals surface area contributed by atoms with Crippen LogP contribution in [-0.4, -0.2) is 16.9 Å². The highest BCUT2D eigenvalue weighted by Crippen LogP contribution is 2.23. The Morgan fingerprint density at radius 2 is 1.87 bits per heavy atom. The Morgan fingerprint density at radius 3 is 2.48 bits per heavy atom. The fourth-order valence-electron chi connectivity index (χ4n) is 2.13. The van der Waals surface area contributed by atoms with Crippen molar-refractivity contribution in [1.82, 2.24) is 5.32 Å². The molecule has 2 amide bonds. The van der Waals surface area contributed by atoms with E-state index in [9.17, 15) is 9.59 Å². The average molecular weight is 391 g/mol. The predicted molar refractivity (Wildman–Crippen MR) is 93.8 cm³/mol. The van der Waals surface area contributed by atoms with E-state index in [2.05, 4.69) is 21.2 Å². The Balaban J connectivity index is 2.00. The van der Waals surface area contributed by atoms with Crippen molar-refractivity contribution in [1.29, 1.82) is 0 Å². The third-order valence-electron chi connectivity index (χ3n) is 3.27. The van der Waals surface area contributed by atoms with Crippen LogP contribution in [-0.2, 0) is 9.59 Å². The van der Waals surface area contributed by atoms with Gasteiger partial charge in [0.2, 0.25) is 0 Å². The predicted octanol–water partition coefficient (Wildman–Crippen LogP) is 3.18.